The van der Waals surface area contributed by atoms with E-state index in [9.17, 15) is 9.59 Å². The fourth-order valence-electron chi connectivity index (χ4n) is 3.09. The average Bonchev–Trinajstić information content (AvgIpc) is 2.86. The average molecular weight is 322 g/mol. The number of hydrogen-bond acceptors (Lipinski definition) is 3. The zero-order chi connectivity index (χ0) is 16.9. The lowest BCUT2D eigenvalue weighted by Gasteiger charge is -2.23. The van der Waals surface area contributed by atoms with Crippen LogP contribution in [0.1, 0.15) is 46.0 Å². The monoisotopic (exact) mass is 322 g/mol. The van der Waals surface area contributed by atoms with Crippen molar-refractivity contribution in [1.29, 1.82) is 0 Å². The molecule has 24 heavy (non-hydrogen) atoms. The number of carbonyl (C=O) groups excluding carboxylic acids is 2. The first-order chi connectivity index (χ1) is 11.7. The molecule has 0 aliphatic carbocycles. The van der Waals surface area contributed by atoms with Crippen molar-refractivity contribution in [2.45, 2.75) is 32.4 Å². The summed E-state index contributed by atoms with van der Waals surface area (Å²) in [5.74, 6) is -0.364. The molecule has 2 aromatic rings. The second-order valence-electron chi connectivity index (χ2n) is 6.12. The standard InChI is InChI=1S/C20H22N2O2/c1-2-8-16(21-13-15-9-4-3-5-10-15)14-22-19(23)17-11-6-7-12-18(17)20(22)24/h3-7,9-12,16,21H,2,8,13-14H2,1H3/t16-/m1/s1. The third-order valence-corrected chi connectivity index (χ3v) is 4.36. The number of nitrogens with zero attached hydrogens (tertiary/aromatic N) is 1. The highest BCUT2D eigenvalue weighted by atomic mass is 16.2. The zero-order valence-electron chi connectivity index (χ0n) is 13.9. The van der Waals surface area contributed by atoms with E-state index in [2.05, 4.69) is 24.4 Å². The minimum absolute atomic E-state index is 0.0948. The molecule has 0 unspecified atom stereocenters. The molecule has 0 aromatic heterocycles. The molecule has 2 aromatic carbocycles. The van der Waals surface area contributed by atoms with Crippen molar-refractivity contribution in [3.05, 3.63) is 71.3 Å². The second kappa shape index (κ2) is 7.41. The molecule has 1 atom stereocenters. The fraction of sp³-hybridized carbons (Fsp3) is 0.300. The summed E-state index contributed by atoms with van der Waals surface area (Å²) < 4.78 is 0. The van der Waals surface area contributed by atoms with Gasteiger partial charge in [-0.25, -0.2) is 0 Å². The SMILES string of the molecule is CCC[C@H](CN1C(=O)c2ccccc2C1=O)NCc1ccccc1. The van der Waals surface area contributed by atoms with Crippen LogP contribution in [0, 0.1) is 0 Å². The molecule has 1 aliphatic rings. The van der Waals surface area contributed by atoms with Crippen LogP contribution in [0.4, 0.5) is 0 Å². The summed E-state index contributed by atoms with van der Waals surface area (Å²) in [5.41, 5.74) is 2.22. The van der Waals surface area contributed by atoms with Crippen LogP contribution in [0.25, 0.3) is 0 Å². The van der Waals surface area contributed by atoms with E-state index in [0.717, 1.165) is 19.4 Å². The number of amides is 2. The Morgan fingerprint density at radius 3 is 2.08 bits per heavy atom. The maximum absolute atomic E-state index is 12.5. The maximum atomic E-state index is 12.5. The van der Waals surface area contributed by atoms with E-state index in [1.165, 1.54) is 10.5 Å². The van der Waals surface area contributed by atoms with Crippen molar-refractivity contribution >= 4 is 11.8 Å². The van der Waals surface area contributed by atoms with Crippen molar-refractivity contribution in [1.82, 2.24) is 10.2 Å². The Morgan fingerprint density at radius 2 is 1.50 bits per heavy atom. The van der Waals surface area contributed by atoms with Gasteiger partial charge in [0.25, 0.3) is 11.8 Å². The van der Waals surface area contributed by atoms with Gasteiger partial charge < -0.3 is 5.32 Å². The van der Waals surface area contributed by atoms with E-state index in [4.69, 9.17) is 0 Å². The first kappa shape index (κ1) is 16.4. The van der Waals surface area contributed by atoms with Gasteiger partial charge >= 0.3 is 0 Å². The minimum Gasteiger partial charge on any atom is -0.308 e. The minimum atomic E-state index is -0.182. The topological polar surface area (TPSA) is 49.4 Å². The number of carbonyl (C=O) groups is 2. The molecule has 0 fully saturated rings. The van der Waals surface area contributed by atoms with Crippen LogP contribution in [0.3, 0.4) is 0 Å². The fourth-order valence-corrected chi connectivity index (χ4v) is 3.09. The van der Waals surface area contributed by atoms with E-state index in [1.54, 1.807) is 24.3 Å². The Kier molecular flexibility index (Phi) is 5.06. The highest BCUT2D eigenvalue weighted by Gasteiger charge is 2.36. The summed E-state index contributed by atoms with van der Waals surface area (Å²) in [4.78, 5) is 26.4. The first-order valence-corrected chi connectivity index (χ1v) is 8.43. The highest BCUT2D eigenvalue weighted by Crippen LogP contribution is 2.23. The summed E-state index contributed by atoms with van der Waals surface area (Å²) in [6.45, 7) is 3.25. The summed E-state index contributed by atoms with van der Waals surface area (Å²) in [5, 5.41) is 3.49. The Bertz CT molecular complexity index is 692. The van der Waals surface area contributed by atoms with Gasteiger partial charge in [-0.05, 0) is 24.1 Å². The van der Waals surface area contributed by atoms with Gasteiger partial charge in [0, 0.05) is 19.1 Å². The Balaban J connectivity index is 1.68. The largest absolute Gasteiger partial charge is 0.308 e. The van der Waals surface area contributed by atoms with E-state index >= 15 is 0 Å². The number of imide groups is 1. The predicted molar refractivity (Wildman–Crippen MR) is 93.8 cm³/mol. The molecule has 0 spiro atoms. The van der Waals surface area contributed by atoms with Crippen molar-refractivity contribution in [3.63, 3.8) is 0 Å². The van der Waals surface area contributed by atoms with E-state index < -0.39 is 0 Å². The number of nitrogens with one attached hydrogen (secondary N) is 1. The van der Waals surface area contributed by atoms with Gasteiger partial charge in [0.2, 0.25) is 0 Å². The Hall–Kier alpha value is -2.46. The quantitative estimate of drug-likeness (QED) is 0.796. The van der Waals surface area contributed by atoms with Gasteiger partial charge in [-0.15, -0.1) is 0 Å². The van der Waals surface area contributed by atoms with Crippen LogP contribution in [-0.2, 0) is 6.54 Å². The molecule has 1 N–H and O–H groups in total. The van der Waals surface area contributed by atoms with Gasteiger partial charge in [0.15, 0.2) is 0 Å². The van der Waals surface area contributed by atoms with Gasteiger partial charge in [-0.2, -0.15) is 0 Å². The highest BCUT2D eigenvalue weighted by molar-refractivity contribution is 6.21. The third-order valence-electron chi connectivity index (χ3n) is 4.36. The lowest BCUT2D eigenvalue weighted by atomic mass is 10.1. The lowest BCUT2D eigenvalue weighted by Crippen LogP contribution is -2.43. The summed E-state index contributed by atoms with van der Waals surface area (Å²) in [6.07, 6.45) is 1.91. The molecule has 2 amide bonds. The zero-order valence-corrected chi connectivity index (χ0v) is 13.9. The molecule has 0 radical (unpaired) electrons. The van der Waals surface area contributed by atoms with Crippen molar-refractivity contribution in [2.75, 3.05) is 6.54 Å². The molecule has 3 rings (SSSR count). The van der Waals surface area contributed by atoms with E-state index in [1.807, 2.05) is 18.2 Å². The number of rotatable bonds is 7. The molecule has 0 saturated carbocycles. The summed E-state index contributed by atoms with van der Waals surface area (Å²) >= 11 is 0. The Labute approximate surface area is 142 Å². The molecule has 0 saturated heterocycles. The lowest BCUT2D eigenvalue weighted by molar-refractivity contribution is 0.0636. The normalized spacial score (nSPS) is 14.8. The van der Waals surface area contributed by atoms with Crippen LogP contribution in [0.5, 0.6) is 0 Å². The van der Waals surface area contributed by atoms with Crippen molar-refractivity contribution in [2.24, 2.45) is 0 Å². The van der Waals surface area contributed by atoms with Gasteiger partial charge in [-0.1, -0.05) is 55.8 Å². The summed E-state index contributed by atoms with van der Waals surface area (Å²) in [7, 11) is 0. The molecule has 1 aliphatic heterocycles. The molecule has 0 bridgehead atoms. The van der Waals surface area contributed by atoms with Crippen molar-refractivity contribution in [3.8, 4) is 0 Å². The summed E-state index contributed by atoms with van der Waals surface area (Å²) in [6, 6.07) is 17.3. The van der Waals surface area contributed by atoms with Crippen LogP contribution in [-0.4, -0.2) is 29.3 Å². The predicted octanol–water partition coefficient (Wildman–Crippen LogP) is 3.24. The van der Waals surface area contributed by atoms with Gasteiger partial charge in [-0.3, -0.25) is 14.5 Å². The molecule has 124 valence electrons. The number of hydrogen-bond donors (Lipinski definition) is 1. The molecule has 1 heterocycles. The first-order valence-electron chi connectivity index (χ1n) is 8.43. The van der Waals surface area contributed by atoms with Crippen LogP contribution in [0.15, 0.2) is 54.6 Å². The van der Waals surface area contributed by atoms with Gasteiger partial charge in [0.05, 0.1) is 11.1 Å². The van der Waals surface area contributed by atoms with Crippen LogP contribution < -0.4 is 5.32 Å². The number of fused-ring (bicyclic) bond motifs is 1. The van der Waals surface area contributed by atoms with Crippen molar-refractivity contribution < 1.29 is 9.59 Å². The number of benzene rings is 2. The van der Waals surface area contributed by atoms with E-state index in [0.29, 0.717) is 17.7 Å². The smallest absolute Gasteiger partial charge is 0.261 e. The third kappa shape index (κ3) is 3.39. The molecular formula is C20H22N2O2. The molecular weight excluding hydrogens is 300 g/mol. The second-order valence-corrected chi connectivity index (χ2v) is 6.12. The van der Waals surface area contributed by atoms with Crippen LogP contribution in [0.2, 0.25) is 0 Å². The maximum Gasteiger partial charge on any atom is 0.261 e. The molecule has 4 nitrogen and oxygen atoms in total. The van der Waals surface area contributed by atoms with Gasteiger partial charge in [0.1, 0.15) is 0 Å². The Morgan fingerprint density at radius 1 is 0.917 bits per heavy atom. The molecule has 4 heteroatoms. The van der Waals surface area contributed by atoms with E-state index in [-0.39, 0.29) is 17.9 Å². The van der Waals surface area contributed by atoms with Crippen LogP contribution >= 0.6 is 0 Å².